The van der Waals surface area contributed by atoms with Gasteiger partial charge in [-0.15, -0.1) is 11.3 Å². The SMILES string of the molecule is Cc1csc(C(CC(=O)O)C(=O)c2ccc(F)cc2)c1. The summed E-state index contributed by atoms with van der Waals surface area (Å²) in [6.45, 7) is 1.89. The van der Waals surface area contributed by atoms with Gasteiger partial charge in [-0.2, -0.15) is 0 Å². The van der Waals surface area contributed by atoms with Crippen molar-refractivity contribution in [2.24, 2.45) is 0 Å². The summed E-state index contributed by atoms with van der Waals surface area (Å²) < 4.78 is 12.9. The minimum atomic E-state index is -1.03. The number of carbonyl (C=O) groups is 2. The molecule has 0 aliphatic heterocycles. The molecule has 1 aromatic carbocycles. The van der Waals surface area contributed by atoms with Crippen LogP contribution in [0.3, 0.4) is 0 Å². The summed E-state index contributed by atoms with van der Waals surface area (Å²) in [5.41, 5.74) is 1.32. The van der Waals surface area contributed by atoms with Gasteiger partial charge in [0.05, 0.1) is 12.3 Å². The number of thiophene rings is 1. The second-order valence-electron chi connectivity index (χ2n) is 4.55. The molecule has 1 N–H and O–H groups in total. The zero-order valence-corrected chi connectivity index (χ0v) is 11.6. The topological polar surface area (TPSA) is 54.4 Å². The minimum Gasteiger partial charge on any atom is -0.481 e. The molecule has 0 amide bonds. The molecule has 3 nitrogen and oxygen atoms in total. The van der Waals surface area contributed by atoms with Crippen molar-refractivity contribution in [3.8, 4) is 0 Å². The van der Waals surface area contributed by atoms with Crippen molar-refractivity contribution >= 4 is 23.1 Å². The Balaban J connectivity index is 2.33. The Morgan fingerprint density at radius 2 is 1.95 bits per heavy atom. The van der Waals surface area contributed by atoms with Crippen LogP contribution in [0.4, 0.5) is 4.39 Å². The second-order valence-corrected chi connectivity index (χ2v) is 5.49. The van der Waals surface area contributed by atoms with Crippen LogP contribution in [0.15, 0.2) is 35.7 Å². The van der Waals surface area contributed by atoms with Gasteiger partial charge < -0.3 is 5.11 Å². The van der Waals surface area contributed by atoms with Crippen LogP contribution in [0.1, 0.15) is 33.1 Å². The van der Waals surface area contributed by atoms with Crippen molar-refractivity contribution in [3.05, 3.63) is 57.5 Å². The highest BCUT2D eigenvalue weighted by Crippen LogP contribution is 2.29. The zero-order valence-electron chi connectivity index (χ0n) is 10.8. The quantitative estimate of drug-likeness (QED) is 0.856. The monoisotopic (exact) mass is 292 g/mol. The van der Waals surface area contributed by atoms with Gasteiger partial charge in [0.1, 0.15) is 5.82 Å². The Morgan fingerprint density at radius 1 is 1.30 bits per heavy atom. The van der Waals surface area contributed by atoms with E-state index >= 15 is 0 Å². The lowest BCUT2D eigenvalue weighted by molar-refractivity contribution is -0.137. The van der Waals surface area contributed by atoms with Gasteiger partial charge in [-0.05, 0) is 48.2 Å². The zero-order chi connectivity index (χ0) is 14.7. The molecule has 0 spiro atoms. The summed E-state index contributed by atoms with van der Waals surface area (Å²) in [5.74, 6) is -2.48. The Morgan fingerprint density at radius 3 is 2.45 bits per heavy atom. The molecule has 20 heavy (non-hydrogen) atoms. The fraction of sp³-hybridized carbons (Fsp3) is 0.200. The van der Waals surface area contributed by atoms with Crippen LogP contribution >= 0.6 is 11.3 Å². The Bertz CT molecular complexity index is 631. The highest BCUT2D eigenvalue weighted by molar-refractivity contribution is 7.10. The minimum absolute atomic E-state index is 0.268. The molecule has 2 rings (SSSR count). The van der Waals surface area contributed by atoms with Gasteiger partial charge in [-0.25, -0.2) is 4.39 Å². The van der Waals surface area contributed by atoms with E-state index in [9.17, 15) is 14.0 Å². The average Bonchev–Trinajstić information content (AvgIpc) is 2.82. The molecule has 104 valence electrons. The third-order valence-electron chi connectivity index (χ3n) is 2.92. The van der Waals surface area contributed by atoms with E-state index in [1.54, 1.807) is 0 Å². The maximum Gasteiger partial charge on any atom is 0.304 e. The molecule has 0 saturated heterocycles. The molecule has 2 aromatic rings. The third-order valence-corrected chi connectivity index (χ3v) is 4.08. The van der Waals surface area contributed by atoms with E-state index in [0.717, 1.165) is 10.4 Å². The summed E-state index contributed by atoms with van der Waals surface area (Å²) in [6, 6.07) is 6.98. The number of hydrogen-bond donors (Lipinski definition) is 1. The fourth-order valence-electron chi connectivity index (χ4n) is 1.95. The Kier molecular flexibility index (Phi) is 4.29. The maximum atomic E-state index is 12.9. The number of benzene rings is 1. The molecule has 1 unspecified atom stereocenters. The first-order chi connectivity index (χ1) is 9.47. The lowest BCUT2D eigenvalue weighted by Gasteiger charge is -2.12. The predicted octanol–water partition coefficient (Wildman–Crippen LogP) is 3.64. The van der Waals surface area contributed by atoms with E-state index in [1.165, 1.54) is 35.6 Å². The van der Waals surface area contributed by atoms with Crippen LogP contribution in [0.2, 0.25) is 0 Å². The Hall–Kier alpha value is -2.01. The van der Waals surface area contributed by atoms with Gasteiger partial charge in [0.2, 0.25) is 0 Å². The molecule has 1 atom stereocenters. The van der Waals surface area contributed by atoms with E-state index in [1.807, 2.05) is 18.4 Å². The molecule has 0 bridgehead atoms. The summed E-state index contributed by atoms with van der Waals surface area (Å²) >= 11 is 1.37. The predicted molar refractivity (Wildman–Crippen MR) is 74.8 cm³/mol. The molecule has 0 radical (unpaired) electrons. The van der Waals surface area contributed by atoms with Gasteiger partial charge in [0, 0.05) is 10.4 Å². The van der Waals surface area contributed by atoms with Crippen LogP contribution in [-0.2, 0) is 4.79 Å². The number of carboxylic acid groups (broad SMARTS) is 1. The third kappa shape index (κ3) is 3.30. The van der Waals surface area contributed by atoms with Crippen molar-refractivity contribution in [1.82, 2.24) is 0 Å². The fourth-order valence-corrected chi connectivity index (χ4v) is 2.95. The average molecular weight is 292 g/mol. The van der Waals surface area contributed by atoms with Gasteiger partial charge >= 0.3 is 5.97 Å². The number of rotatable bonds is 5. The van der Waals surface area contributed by atoms with Crippen LogP contribution in [0.5, 0.6) is 0 Å². The lowest BCUT2D eigenvalue weighted by atomic mass is 9.93. The normalized spacial score (nSPS) is 12.1. The number of halogens is 1. The largest absolute Gasteiger partial charge is 0.481 e. The van der Waals surface area contributed by atoms with E-state index in [-0.39, 0.29) is 12.2 Å². The van der Waals surface area contributed by atoms with Gasteiger partial charge in [-0.3, -0.25) is 9.59 Å². The standard InChI is InChI=1S/C15H13FO3S/c1-9-6-13(20-8-9)12(7-14(17)18)15(19)10-2-4-11(16)5-3-10/h2-6,8,12H,7H2,1H3,(H,17,18). The number of carboxylic acids is 1. The van der Waals surface area contributed by atoms with E-state index in [4.69, 9.17) is 5.11 Å². The smallest absolute Gasteiger partial charge is 0.304 e. The molecule has 0 saturated carbocycles. The number of hydrogen-bond acceptors (Lipinski definition) is 3. The van der Waals surface area contributed by atoms with Crippen molar-refractivity contribution in [2.75, 3.05) is 0 Å². The van der Waals surface area contributed by atoms with Crippen molar-refractivity contribution in [3.63, 3.8) is 0 Å². The van der Waals surface area contributed by atoms with Crippen LogP contribution in [0.25, 0.3) is 0 Å². The number of carbonyl (C=O) groups excluding carboxylic acids is 1. The highest BCUT2D eigenvalue weighted by Gasteiger charge is 2.26. The summed E-state index contributed by atoms with van der Waals surface area (Å²) in [6.07, 6.45) is -0.268. The van der Waals surface area contributed by atoms with Crippen molar-refractivity contribution in [1.29, 1.82) is 0 Å². The number of aliphatic carboxylic acids is 1. The molecule has 1 aromatic heterocycles. The molecule has 1 heterocycles. The van der Waals surface area contributed by atoms with Crippen LogP contribution in [0, 0.1) is 12.7 Å². The first kappa shape index (κ1) is 14.4. The number of Topliss-reactive ketones (excluding diaryl/α,β-unsaturated/α-hetero) is 1. The summed E-state index contributed by atoms with van der Waals surface area (Å²) in [4.78, 5) is 24.1. The second kappa shape index (κ2) is 5.96. The van der Waals surface area contributed by atoms with E-state index in [2.05, 4.69) is 0 Å². The highest BCUT2D eigenvalue weighted by atomic mass is 32.1. The van der Waals surface area contributed by atoms with E-state index in [0.29, 0.717) is 5.56 Å². The van der Waals surface area contributed by atoms with Gasteiger partial charge in [-0.1, -0.05) is 0 Å². The van der Waals surface area contributed by atoms with Crippen molar-refractivity contribution < 1.29 is 19.1 Å². The van der Waals surface area contributed by atoms with E-state index < -0.39 is 17.7 Å². The molecule has 0 aliphatic rings. The summed E-state index contributed by atoms with van der Waals surface area (Å²) in [7, 11) is 0. The number of ketones is 1. The molecular weight excluding hydrogens is 279 g/mol. The van der Waals surface area contributed by atoms with Crippen LogP contribution in [-0.4, -0.2) is 16.9 Å². The molecular formula is C15H13FO3S. The maximum absolute atomic E-state index is 12.9. The van der Waals surface area contributed by atoms with Crippen LogP contribution < -0.4 is 0 Å². The first-order valence-corrected chi connectivity index (χ1v) is 6.92. The Labute approximate surface area is 119 Å². The molecule has 0 fully saturated rings. The van der Waals surface area contributed by atoms with Gasteiger partial charge in [0.25, 0.3) is 0 Å². The number of aryl methyl sites for hydroxylation is 1. The molecule has 0 aliphatic carbocycles. The van der Waals surface area contributed by atoms with Gasteiger partial charge in [0.15, 0.2) is 5.78 Å². The molecule has 5 heteroatoms. The van der Waals surface area contributed by atoms with Crippen molar-refractivity contribution in [2.45, 2.75) is 19.3 Å². The summed E-state index contributed by atoms with van der Waals surface area (Å²) in [5, 5.41) is 10.9. The lowest BCUT2D eigenvalue weighted by Crippen LogP contribution is -2.16. The first-order valence-electron chi connectivity index (χ1n) is 6.04.